The summed E-state index contributed by atoms with van der Waals surface area (Å²) in [4.78, 5) is 0. The lowest BCUT2D eigenvalue weighted by atomic mass is 10.00. The Kier molecular flexibility index (Phi) is 2.77. The number of hydrogen-bond donors (Lipinski definition) is 0. The van der Waals surface area contributed by atoms with Gasteiger partial charge in [-0.2, -0.15) is 0 Å². The molecule has 1 radical (unpaired) electrons. The molecule has 0 atom stereocenters. The zero-order valence-corrected chi connectivity index (χ0v) is 10.1. The van der Waals surface area contributed by atoms with Gasteiger partial charge in [0, 0.05) is 0 Å². The maximum Gasteiger partial charge on any atom is 0.181 e. The number of furan rings is 1. The van der Waals surface area contributed by atoms with Gasteiger partial charge in [0.2, 0.25) is 0 Å². The van der Waals surface area contributed by atoms with Gasteiger partial charge in [-0.05, 0) is 23.3 Å². The predicted octanol–water partition coefficient (Wildman–Crippen LogP) is 4.30. The van der Waals surface area contributed by atoms with Crippen LogP contribution in [0.2, 0.25) is 0 Å². The van der Waals surface area contributed by atoms with E-state index in [-0.39, 0.29) is 0 Å². The summed E-state index contributed by atoms with van der Waals surface area (Å²) >= 11 is 0. The molecule has 2 aromatic carbocycles. The van der Waals surface area contributed by atoms with Crippen molar-refractivity contribution in [3.05, 3.63) is 55.0 Å². The van der Waals surface area contributed by atoms with Crippen LogP contribution in [-0.2, 0) is 0 Å². The van der Waals surface area contributed by atoms with E-state index in [1.165, 1.54) is 10.8 Å². The number of fused-ring (bicyclic) bond motifs is 1. The molecule has 2 nitrogen and oxygen atoms in total. The zero-order chi connectivity index (χ0) is 12.4. The Morgan fingerprint density at radius 3 is 2.83 bits per heavy atom. The van der Waals surface area contributed by atoms with Crippen LogP contribution in [0.15, 0.2) is 53.1 Å². The van der Waals surface area contributed by atoms with Gasteiger partial charge in [0.05, 0.1) is 12.2 Å². The molecular weight excluding hydrogens is 224 g/mol. The third kappa shape index (κ3) is 1.76. The van der Waals surface area contributed by atoms with Crippen LogP contribution in [0.1, 0.15) is 6.92 Å². The van der Waals surface area contributed by atoms with Crippen molar-refractivity contribution in [2.45, 2.75) is 6.92 Å². The Hall–Kier alpha value is -2.22. The summed E-state index contributed by atoms with van der Waals surface area (Å²) < 4.78 is 10.7. The van der Waals surface area contributed by atoms with E-state index in [9.17, 15) is 0 Å². The van der Waals surface area contributed by atoms with Crippen LogP contribution in [0, 0.1) is 6.26 Å². The van der Waals surface area contributed by atoms with E-state index < -0.39 is 0 Å². The molecule has 0 amide bonds. The van der Waals surface area contributed by atoms with E-state index in [2.05, 4.69) is 30.5 Å². The Bertz CT molecular complexity index is 662. The molecule has 3 aromatic rings. The maximum absolute atomic E-state index is 5.56. The van der Waals surface area contributed by atoms with Gasteiger partial charge < -0.3 is 9.15 Å². The zero-order valence-electron chi connectivity index (χ0n) is 10.1. The molecule has 2 heteroatoms. The highest BCUT2D eigenvalue weighted by Gasteiger charge is 2.12. The van der Waals surface area contributed by atoms with E-state index in [0.29, 0.717) is 6.61 Å². The summed E-state index contributed by atoms with van der Waals surface area (Å²) in [6, 6.07) is 14.5. The van der Waals surface area contributed by atoms with E-state index in [4.69, 9.17) is 9.15 Å². The summed E-state index contributed by atoms with van der Waals surface area (Å²) in [7, 11) is 0. The summed E-state index contributed by atoms with van der Waals surface area (Å²) in [5, 5.41) is 2.38. The summed E-state index contributed by atoms with van der Waals surface area (Å²) in [5.41, 5.74) is 1.97. The fourth-order valence-corrected chi connectivity index (χ4v) is 2.14. The van der Waals surface area contributed by atoms with Crippen molar-refractivity contribution in [1.82, 2.24) is 0 Å². The highest BCUT2D eigenvalue weighted by molar-refractivity contribution is 5.97. The summed E-state index contributed by atoms with van der Waals surface area (Å²) in [6.45, 7) is 2.57. The molecule has 3 rings (SSSR count). The molecule has 0 aliphatic carbocycles. The lowest BCUT2D eigenvalue weighted by Crippen LogP contribution is -1.91. The van der Waals surface area contributed by atoms with Crippen molar-refractivity contribution in [1.29, 1.82) is 0 Å². The molecule has 0 saturated carbocycles. The number of hydrogen-bond acceptors (Lipinski definition) is 2. The van der Waals surface area contributed by atoms with Crippen molar-refractivity contribution in [2.75, 3.05) is 6.61 Å². The minimum absolute atomic E-state index is 0.616. The van der Waals surface area contributed by atoms with Crippen molar-refractivity contribution in [2.24, 2.45) is 0 Å². The van der Waals surface area contributed by atoms with Crippen molar-refractivity contribution in [3.8, 4) is 16.9 Å². The van der Waals surface area contributed by atoms with Crippen LogP contribution in [-0.4, -0.2) is 6.61 Å². The van der Waals surface area contributed by atoms with Gasteiger partial charge in [0.1, 0.15) is 6.26 Å². The first-order chi connectivity index (χ1) is 8.90. The maximum atomic E-state index is 5.56. The molecule has 0 bridgehead atoms. The highest BCUT2D eigenvalue weighted by atomic mass is 16.5. The topological polar surface area (TPSA) is 22.4 Å². The van der Waals surface area contributed by atoms with Crippen LogP contribution in [0.5, 0.6) is 5.75 Å². The molecule has 89 valence electrons. The SMILES string of the molecule is CCOc1co[c]c1-c1cccc2ccccc12. The number of rotatable bonds is 3. The largest absolute Gasteiger partial charge is 0.490 e. The molecule has 0 spiro atoms. The van der Waals surface area contributed by atoms with Gasteiger partial charge >= 0.3 is 0 Å². The second-order valence-corrected chi connectivity index (χ2v) is 4.04. The third-order valence-corrected chi connectivity index (χ3v) is 2.93. The molecule has 0 aliphatic rings. The lowest BCUT2D eigenvalue weighted by molar-refractivity contribution is 0.336. The Labute approximate surface area is 106 Å². The molecule has 0 aliphatic heterocycles. The molecule has 1 aromatic heterocycles. The monoisotopic (exact) mass is 237 g/mol. The van der Waals surface area contributed by atoms with Gasteiger partial charge in [0.15, 0.2) is 12.0 Å². The number of ether oxygens (including phenoxy) is 1. The van der Waals surface area contributed by atoms with Crippen molar-refractivity contribution >= 4 is 10.8 Å². The smallest absolute Gasteiger partial charge is 0.181 e. The van der Waals surface area contributed by atoms with Crippen LogP contribution in [0.25, 0.3) is 21.9 Å². The highest BCUT2D eigenvalue weighted by Crippen LogP contribution is 2.35. The van der Waals surface area contributed by atoms with Gasteiger partial charge in [-0.15, -0.1) is 0 Å². The molecule has 0 saturated heterocycles. The van der Waals surface area contributed by atoms with Gasteiger partial charge in [-0.3, -0.25) is 0 Å². The van der Waals surface area contributed by atoms with E-state index in [0.717, 1.165) is 16.9 Å². The first-order valence-electron chi connectivity index (χ1n) is 6.00. The minimum Gasteiger partial charge on any atom is -0.490 e. The molecular formula is C16H13O2. The van der Waals surface area contributed by atoms with Crippen LogP contribution in [0.3, 0.4) is 0 Å². The molecule has 18 heavy (non-hydrogen) atoms. The second-order valence-electron chi connectivity index (χ2n) is 4.04. The first-order valence-corrected chi connectivity index (χ1v) is 6.00. The molecule has 1 heterocycles. The van der Waals surface area contributed by atoms with Crippen molar-refractivity contribution in [3.63, 3.8) is 0 Å². The minimum atomic E-state index is 0.616. The lowest BCUT2D eigenvalue weighted by Gasteiger charge is -2.06. The van der Waals surface area contributed by atoms with Gasteiger partial charge in [0.25, 0.3) is 0 Å². The van der Waals surface area contributed by atoms with Gasteiger partial charge in [-0.1, -0.05) is 42.5 Å². The van der Waals surface area contributed by atoms with Crippen molar-refractivity contribution < 1.29 is 9.15 Å². The van der Waals surface area contributed by atoms with Crippen LogP contribution >= 0.6 is 0 Å². The summed E-state index contributed by atoms with van der Waals surface area (Å²) in [5.74, 6) is 0.744. The molecule has 0 fully saturated rings. The standard InChI is InChI=1S/C16H13O2/c1-2-18-16-11-17-10-15(16)14-9-5-7-12-6-3-4-8-13(12)14/h3-9,11H,2H2,1H3. The second kappa shape index (κ2) is 4.57. The first kappa shape index (κ1) is 10.9. The van der Waals surface area contributed by atoms with E-state index >= 15 is 0 Å². The number of benzene rings is 2. The van der Waals surface area contributed by atoms with Gasteiger partial charge in [-0.25, -0.2) is 0 Å². The quantitative estimate of drug-likeness (QED) is 0.677. The fourth-order valence-electron chi connectivity index (χ4n) is 2.14. The fraction of sp³-hybridized carbons (Fsp3) is 0.125. The van der Waals surface area contributed by atoms with Crippen LogP contribution < -0.4 is 4.74 Å². The summed E-state index contributed by atoms with van der Waals surface area (Å²) in [6.07, 6.45) is 4.50. The Balaban J connectivity index is 2.22. The van der Waals surface area contributed by atoms with Crippen LogP contribution in [0.4, 0.5) is 0 Å². The molecule has 0 N–H and O–H groups in total. The Morgan fingerprint density at radius 1 is 1.11 bits per heavy atom. The predicted molar refractivity (Wildman–Crippen MR) is 71.7 cm³/mol. The average Bonchev–Trinajstić information content (AvgIpc) is 2.87. The third-order valence-electron chi connectivity index (χ3n) is 2.93. The molecule has 0 unspecified atom stereocenters. The normalized spacial score (nSPS) is 10.7. The average molecular weight is 237 g/mol. The van der Waals surface area contributed by atoms with E-state index in [1.807, 2.05) is 25.1 Å². The van der Waals surface area contributed by atoms with E-state index in [1.54, 1.807) is 6.26 Å². The Morgan fingerprint density at radius 2 is 1.94 bits per heavy atom.